The van der Waals surface area contributed by atoms with Gasteiger partial charge in [0.15, 0.2) is 0 Å². The highest BCUT2D eigenvalue weighted by Gasteiger charge is 2.33. The average Bonchev–Trinajstić information content (AvgIpc) is 3.23. The number of carboxylic acid groups (broad SMARTS) is 1. The van der Waals surface area contributed by atoms with Gasteiger partial charge in [-0.2, -0.15) is 0 Å². The largest absolute Gasteiger partial charge is 0.548 e. The van der Waals surface area contributed by atoms with Gasteiger partial charge in [0.25, 0.3) is 0 Å². The number of fused-ring (bicyclic) bond motifs is 3. The molecule has 25 heavy (non-hydrogen) atoms. The lowest BCUT2D eigenvalue weighted by molar-refractivity contribution is -0.309. The van der Waals surface area contributed by atoms with Gasteiger partial charge in [0.05, 0.1) is 17.9 Å². The molecule has 6 heteroatoms. The van der Waals surface area contributed by atoms with Gasteiger partial charge in [-0.05, 0) is 22.3 Å². The maximum absolute atomic E-state index is 12.3. The maximum atomic E-state index is 12.3. The molecular formula is C19H16NO4S-. The molecule has 0 spiro atoms. The number of amides is 1. The van der Waals surface area contributed by atoms with Crippen molar-refractivity contribution in [3.05, 3.63) is 59.7 Å². The summed E-state index contributed by atoms with van der Waals surface area (Å²) in [5, 5.41) is 11.1. The number of nitrogens with zero attached hydrogens (tertiary/aromatic N) is 1. The molecule has 4 rings (SSSR count). The Bertz CT molecular complexity index is 792. The first-order chi connectivity index (χ1) is 12.2. The molecule has 2 aromatic carbocycles. The summed E-state index contributed by atoms with van der Waals surface area (Å²) < 4.78 is 5.49. The van der Waals surface area contributed by atoms with Gasteiger partial charge in [-0.1, -0.05) is 48.5 Å². The third-order valence-corrected chi connectivity index (χ3v) is 5.74. The van der Waals surface area contributed by atoms with Crippen molar-refractivity contribution in [3.8, 4) is 11.1 Å². The van der Waals surface area contributed by atoms with Crippen LogP contribution in [0.3, 0.4) is 0 Å². The normalized spacial score (nSPS) is 18.7. The fourth-order valence-corrected chi connectivity index (χ4v) is 4.62. The summed E-state index contributed by atoms with van der Waals surface area (Å²) in [4.78, 5) is 24.7. The molecule has 2 aromatic rings. The number of hydrogen-bond acceptors (Lipinski definition) is 5. The van der Waals surface area contributed by atoms with Crippen LogP contribution in [0, 0.1) is 0 Å². The molecule has 0 radical (unpaired) electrons. The Hall–Kier alpha value is -2.47. The molecule has 128 valence electrons. The van der Waals surface area contributed by atoms with Gasteiger partial charge in [-0.3, -0.25) is 4.90 Å². The van der Waals surface area contributed by atoms with E-state index in [-0.39, 0.29) is 12.5 Å². The van der Waals surface area contributed by atoms with E-state index >= 15 is 0 Å². The summed E-state index contributed by atoms with van der Waals surface area (Å²) in [7, 11) is 0. The smallest absolute Gasteiger partial charge is 0.411 e. The van der Waals surface area contributed by atoms with Gasteiger partial charge in [0, 0.05) is 11.7 Å². The third-order valence-electron chi connectivity index (χ3n) is 4.72. The lowest BCUT2D eigenvalue weighted by Crippen LogP contribution is -2.48. The zero-order valence-electron chi connectivity index (χ0n) is 13.4. The summed E-state index contributed by atoms with van der Waals surface area (Å²) in [6.07, 6.45) is -0.596. The first kappa shape index (κ1) is 16.0. The van der Waals surface area contributed by atoms with E-state index in [2.05, 4.69) is 12.1 Å². The van der Waals surface area contributed by atoms with Crippen LogP contribution in [-0.2, 0) is 9.53 Å². The Kier molecular flexibility index (Phi) is 4.13. The summed E-state index contributed by atoms with van der Waals surface area (Å²) in [6, 6.07) is 15.3. The summed E-state index contributed by atoms with van der Waals surface area (Å²) in [6.45, 7) is 0.188. The summed E-state index contributed by atoms with van der Waals surface area (Å²) >= 11 is 1.39. The highest BCUT2D eigenvalue weighted by atomic mass is 32.2. The van der Waals surface area contributed by atoms with Crippen LogP contribution in [-0.4, -0.2) is 41.2 Å². The molecule has 1 aliphatic carbocycles. The molecule has 2 aliphatic rings. The van der Waals surface area contributed by atoms with Gasteiger partial charge >= 0.3 is 6.09 Å². The molecule has 5 nitrogen and oxygen atoms in total. The lowest BCUT2D eigenvalue weighted by atomic mass is 9.98. The molecule has 1 atom stereocenters. The molecule has 0 saturated carbocycles. The van der Waals surface area contributed by atoms with Crippen LogP contribution in [0.2, 0.25) is 0 Å². The lowest BCUT2D eigenvalue weighted by Gasteiger charge is -2.24. The molecule has 0 aromatic heterocycles. The van der Waals surface area contributed by atoms with Crippen molar-refractivity contribution >= 4 is 23.8 Å². The Balaban J connectivity index is 1.53. The van der Waals surface area contributed by atoms with Crippen molar-refractivity contribution in [1.82, 2.24) is 4.90 Å². The maximum Gasteiger partial charge on any atom is 0.411 e. The fraction of sp³-hybridized carbons (Fsp3) is 0.263. The number of benzene rings is 2. The molecule has 1 fully saturated rings. The molecule has 0 N–H and O–H groups in total. The van der Waals surface area contributed by atoms with Crippen LogP contribution < -0.4 is 5.11 Å². The average molecular weight is 354 g/mol. The number of hydrogen-bond donors (Lipinski definition) is 0. The Morgan fingerprint density at radius 1 is 1.08 bits per heavy atom. The number of carbonyl (C=O) groups is 2. The van der Waals surface area contributed by atoms with Gasteiger partial charge in [0.1, 0.15) is 6.61 Å². The highest BCUT2D eigenvalue weighted by molar-refractivity contribution is 7.99. The van der Waals surface area contributed by atoms with E-state index in [9.17, 15) is 14.7 Å². The van der Waals surface area contributed by atoms with Gasteiger partial charge in [-0.15, -0.1) is 11.8 Å². The first-order valence-electron chi connectivity index (χ1n) is 8.07. The number of rotatable bonds is 3. The zero-order valence-corrected chi connectivity index (χ0v) is 14.2. The number of carboxylic acids is 1. The van der Waals surface area contributed by atoms with E-state index in [0.717, 1.165) is 22.3 Å². The van der Waals surface area contributed by atoms with Crippen molar-refractivity contribution in [2.75, 3.05) is 18.2 Å². The Labute approximate surface area is 149 Å². The van der Waals surface area contributed by atoms with E-state index in [1.165, 1.54) is 16.7 Å². The second kappa shape index (κ2) is 6.44. The SMILES string of the molecule is O=C([O-])[C@@H]1CSCN1C(=O)OCC1c2ccccc2-c2ccccc21. The number of carbonyl (C=O) groups excluding carboxylic acids is 2. The van der Waals surface area contributed by atoms with Gasteiger partial charge in [-0.25, -0.2) is 4.79 Å². The predicted molar refractivity (Wildman–Crippen MR) is 93.0 cm³/mol. The van der Waals surface area contributed by atoms with E-state index in [4.69, 9.17) is 4.74 Å². The predicted octanol–water partition coefficient (Wildman–Crippen LogP) is 2.06. The Morgan fingerprint density at radius 3 is 2.28 bits per heavy atom. The minimum absolute atomic E-state index is 0.0343. The van der Waals surface area contributed by atoms with E-state index in [1.54, 1.807) is 0 Å². The molecule has 1 amide bonds. The second-order valence-electron chi connectivity index (χ2n) is 6.11. The number of thioether (sulfide) groups is 1. The van der Waals surface area contributed by atoms with Crippen LogP contribution in [0.5, 0.6) is 0 Å². The van der Waals surface area contributed by atoms with Crippen molar-refractivity contribution in [3.63, 3.8) is 0 Å². The van der Waals surface area contributed by atoms with Gasteiger partial charge < -0.3 is 14.6 Å². The minimum Gasteiger partial charge on any atom is -0.548 e. The molecule has 0 unspecified atom stereocenters. The molecular weight excluding hydrogens is 338 g/mol. The van der Waals surface area contributed by atoms with Crippen LogP contribution >= 0.6 is 11.8 Å². The van der Waals surface area contributed by atoms with Crippen LogP contribution in [0.1, 0.15) is 17.0 Å². The minimum atomic E-state index is -1.24. The zero-order chi connectivity index (χ0) is 17.4. The van der Waals surface area contributed by atoms with E-state index < -0.39 is 18.1 Å². The highest BCUT2D eigenvalue weighted by Crippen LogP contribution is 2.44. The van der Waals surface area contributed by atoms with Crippen LogP contribution in [0.4, 0.5) is 4.79 Å². The standard InChI is InChI=1S/C19H17NO4S/c21-18(22)17-10-25-11-20(17)19(23)24-9-16-14-7-3-1-5-12(14)13-6-2-4-8-15(13)16/h1-8,16-17H,9-11H2,(H,21,22)/p-1/t17-/m0/s1. The van der Waals surface area contributed by atoms with E-state index in [1.807, 2.05) is 36.4 Å². The number of aliphatic carboxylic acids is 1. The van der Waals surface area contributed by atoms with Crippen LogP contribution in [0.25, 0.3) is 11.1 Å². The van der Waals surface area contributed by atoms with Crippen molar-refractivity contribution in [1.29, 1.82) is 0 Å². The Morgan fingerprint density at radius 2 is 1.68 bits per heavy atom. The second-order valence-corrected chi connectivity index (χ2v) is 7.11. The summed E-state index contributed by atoms with van der Waals surface area (Å²) in [5.74, 6) is -0.617. The van der Waals surface area contributed by atoms with Crippen molar-refractivity contribution in [2.24, 2.45) is 0 Å². The number of ether oxygens (including phenoxy) is 1. The molecule has 1 heterocycles. The topological polar surface area (TPSA) is 69.7 Å². The molecule has 1 aliphatic heterocycles. The fourth-order valence-electron chi connectivity index (χ4n) is 3.49. The molecule has 0 bridgehead atoms. The monoisotopic (exact) mass is 354 g/mol. The van der Waals surface area contributed by atoms with Gasteiger partial charge in [0.2, 0.25) is 0 Å². The van der Waals surface area contributed by atoms with Crippen molar-refractivity contribution in [2.45, 2.75) is 12.0 Å². The molecule has 1 saturated heterocycles. The van der Waals surface area contributed by atoms with Crippen molar-refractivity contribution < 1.29 is 19.4 Å². The third kappa shape index (κ3) is 2.76. The quantitative estimate of drug-likeness (QED) is 0.844. The first-order valence-corrected chi connectivity index (χ1v) is 9.22. The summed E-state index contributed by atoms with van der Waals surface area (Å²) in [5.41, 5.74) is 4.57. The van der Waals surface area contributed by atoms with E-state index in [0.29, 0.717) is 11.6 Å². The van der Waals surface area contributed by atoms with Crippen LogP contribution in [0.15, 0.2) is 48.5 Å².